The number of halogens is 1. The Morgan fingerprint density at radius 3 is 2.95 bits per heavy atom. The highest BCUT2D eigenvalue weighted by Crippen LogP contribution is 2.34. The first kappa shape index (κ1) is 14.8. The Balaban J connectivity index is 2.03. The van der Waals surface area contributed by atoms with Gasteiger partial charge in [-0.15, -0.1) is 0 Å². The summed E-state index contributed by atoms with van der Waals surface area (Å²) in [4.78, 5) is 4.07. The van der Waals surface area contributed by atoms with Crippen LogP contribution in [0.5, 0.6) is 0 Å². The quantitative estimate of drug-likeness (QED) is 0.849. The van der Waals surface area contributed by atoms with Crippen LogP contribution >= 0.6 is 11.6 Å². The first-order chi connectivity index (χ1) is 9.20. The number of aromatic nitrogens is 1. The van der Waals surface area contributed by atoms with E-state index in [9.17, 15) is 0 Å². The molecular weight excluding hydrogens is 256 g/mol. The maximum absolute atomic E-state index is 6.25. The maximum atomic E-state index is 6.25. The number of rotatable bonds is 6. The molecule has 0 aromatic carbocycles. The van der Waals surface area contributed by atoms with Crippen LogP contribution in [-0.2, 0) is 6.42 Å². The van der Waals surface area contributed by atoms with Crippen molar-refractivity contribution in [1.82, 2.24) is 10.3 Å². The molecular formula is C16H25ClN2. The van der Waals surface area contributed by atoms with Gasteiger partial charge in [0.05, 0.1) is 5.02 Å². The van der Waals surface area contributed by atoms with E-state index in [2.05, 4.69) is 30.2 Å². The van der Waals surface area contributed by atoms with Gasteiger partial charge in [0, 0.05) is 18.4 Å². The van der Waals surface area contributed by atoms with Crippen molar-refractivity contribution in [3.05, 3.63) is 29.0 Å². The summed E-state index contributed by atoms with van der Waals surface area (Å²) in [5.74, 6) is 1.68. The molecule has 1 aromatic heterocycles. The molecule has 0 amide bonds. The summed E-state index contributed by atoms with van der Waals surface area (Å²) in [5, 5.41) is 4.53. The molecule has 0 spiro atoms. The van der Waals surface area contributed by atoms with Gasteiger partial charge >= 0.3 is 0 Å². The van der Waals surface area contributed by atoms with Crippen molar-refractivity contribution in [2.75, 3.05) is 6.54 Å². The minimum absolute atomic E-state index is 0.560. The second-order valence-corrected chi connectivity index (χ2v) is 6.32. The Bertz CT molecular complexity index is 394. The van der Waals surface area contributed by atoms with Crippen molar-refractivity contribution < 1.29 is 0 Å². The SMILES string of the molecule is CCCNC(Cc1ccncc1Cl)C1CCC(C)C1. The molecule has 2 nitrogen and oxygen atoms in total. The predicted molar refractivity (Wildman–Crippen MR) is 81.5 cm³/mol. The molecule has 1 aromatic rings. The van der Waals surface area contributed by atoms with Gasteiger partial charge in [-0.2, -0.15) is 0 Å². The van der Waals surface area contributed by atoms with E-state index in [0.717, 1.165) is 29.8 Å². The van der Waals surface area contributed by atoms with Gasteiger partial charge in [0.25, 0.3) is 0 Å². The van der Waals surface area contributed by atoms with Gasteiger partial charge < -0.3 is 5.32 Å². The Morgan fingerprint density at radius 2 is 2.32 bits per heavy atom. The molecule has 2 rings (SSSR count). The third-order valence-corrected chi connectivity index (χ3v) is 4.60. The van der Waals surface area contributed by atoms with Gasteiger partial charge in [-0.3, -0.25) is 4.98 Å². The average molecular weight is 281 g/mol. The monoisotopic (exact) mass is 280 g/mol. The lowest BCUT2D eigenvalue weighted by Crippen LogP contribution is -2.37. The zero-order chi connectivity index (χ0) is 13.7. The van der Waals surface area contributed by atoms with Crippen LogP contribution in [0, 0.1) is 11.8 Å². The van der Waals surface area contributed by atoms with Gasteiger partial charge in [0.2, 0.25) is 0 Å². The fourth-order valence-corrected chi connectivity index (χ4v) is 3.35. The molecule has 19 heavy (non-hydrogen) atoms. The number of nitrogens with one attached hydrogen (secondary N) is 1. The van der Waals surface area contributed by atoms with Crippen molar-refractivity contribution >= 4 is 11.6 Å². The van der Waals surface area contributed by atoms with Crippen LogP contribution in [0.15, 0.2) is 18.5 Å². The van der Waals surface area contributed by atoms with Gasteiger partial charge in [0.15, 0.2) is 0 Å². The van der Waals surface area contributed by atoms with E-state index in [-0.39, 0.29) is 0 Å². The number of hydrogen-bond donors (Lipinski definition) is 1. The van der Waals surface area contributed by atoms with Crippen molar-refractivity contribution in [3.8, 4) is 0 Å². The predicted octanol–water partition coefficient (Wildman–Crippen LogP) is 4.08. The Kier molecular flexibility index (Phi) is 5.65. The molecule has 0 aliphatic heterocycles. The number of pyridine rings is 1. The summed E-state index contributed by atoms with van der Waals surface area (Å²) >= 11 is 6.25. The molecule has 1 heterocycles. The van der Waals surface area contributed by atoms with Crippen LogP contribution in [0.4, 0.5) is 0 Å². The lowest BCUT2D eigenvalue weighted by molar-refractivity contribution is 0.348. The third-order valence-electron chi connectivity index (χ3n) is 4.26. The van der Waals surface area contributed by atoms with Crippen LogP contribution in [0.25, 0.3) is 0 Å². The van der Waals surface area contributed by atoms with Crippen molar-refractivity contribution in [3.63, 3.8) is 0 Å². The minimum atomic E-state index is 0.560. The fourth-order valence-electron chi connectivity index (χ4n) is 3.16. The molecule has 1 aliphatic carbocycles. The molecule has 1 saturated carbocycles. The lowest BCUT2D eigenvalue weighted by Gasteiger charge is -2.25. The normalized spacial score (nSPS) is 24.6. The standard InChI is InChI=1S/C16H25ClN2/c1-3-7-19-16(14-5-4-12(2)9-14)10-13-6-8-18-11-15(13)17/h6,8,11-12,14,16,19H,3-5,7,9-10H2,1-2H3. The van der Waals surface area contributed by atoms with Crippen molar-refractivity contribution in [1.29, 1.82) is 0 Å². The Labute approximate surface area is 122 Å². The summed E-state index contributed by atoms with van der Waals surface area (Å²) in [6, 6.07) is 2.62. The van der Waals surface area contributed by atoms with Crippen molar-refractivity contribution in [2.45, 2.75) is 52.0 Å². The van der Waals surface area contributed by atoms with Gasteiger partial charge in [-0.25, -0.2) is 0 Å². The number of nitrogens with zero attached hydrogens (tertiary/aromatic N) is 1. The highest BCUT2D eigenvalue weighted by atomic mass is 35.5. The van der Waals surface area contributed by atoms with Crippen molar-refractivity contribution in [2.24, 2.45) is 11.8 Å². The topological polar surface area (TPSA) is 24.9 Å². The molecule has 0 radical (unpaired) electrons. The van der Waals surface area contributed by atoms with E-state index in [4.69, 9.17) is 11.6 Å². The van der Waals surface area contributed by atoms with E-state index in [1.807, 2.05) is 6.20 Å². The second kappa shape index (κ2) is 7.25. The molecule has 106 valence electrons. The summed E-state index contributed by atoms with van der Waals surface area (Å²) < 4.78 is 0. The molecule has 3 heteroatoms. The van der Waals surface area contributed by atoms with Crippen LogP contribution in [0.3, 0.4) is 0 Å². The van der Waals surface area contributed by atoms with Crippen LogP contribution in [0.1, 0.15) is 45.1 Å². The van der Waals surface area contributed by atoms with E-state index >= 15 is 0 Å². The molecule has 1 fully saturated rings. The zero-order valence-corrected chi connectivity index (χ0v) is 12.8. The second-order valence-electron chi connectivity index (χ2n) is 5.91. The highest BCUT2D eigenvalue weighted by molar-refractivity contribution is 6.31. The van der Waals surface area contributed by atoms with Crippen LogP contribution in [-0.4, -0.2) is 17.6 Å². The summed E-state index contributed by atoms with van der Waals surface area (Å²) in [6.07, 6.45) is 9.89. The van der Waals surface area contributed by atoms with Gasteiger partial charge in [-0.1, -0.05) is 31.9 Å². The average Bonchev–Trinajstić information content (AvgIpc) is 2.83. The minimum Gasteiger partial charge on any atom is -0.313 e. The Morgan fingerprint density at radius 1 is 1.47 bits per heavy atom. The largest absolute Gasteiger partial charge is 0.313 e. The highest BCUT2D eigenvalue weighted by Gasteiger charge is 2.28. The summed E-state index contributed by atoms with van der Waals surface area (Å²) in [7, 11) is 0. The van der Waals surface area contributed by atoms with Crippen LogP contribution in [0.2, 0.25) is 5.02 Å². The molecule has 0 bridgehead atoms. The third kappa shape index (κ3) is 4.19. The fraction of sp³-hybridized carbons (Fsp3) is 0.688. The van der Waals surface area contributed by atoms with Gasteiger partial charge in [0.1, 0.15) is 0 Å². The molecule has 1 N–H and O–H groups in total. The molecule has 0 saturated heterocycles. The lowest BCUT2D eigenvalue weighted by atomic mass is 9.91. The van der Waals surface area contributed by atoms with E-state index in [1.54, 1.807) is 6.20 Å². The first-order valence-corrected chi connectivity index (χ1v) is 7.90. The van der Waals surface area contributed by atoms with E-state index < -0.39 is 0 Å². The molecule has 3 unspecified atom stereocenters. The zero-order valence-electron chi connectivity index (χ0n) is 12.0. The first-order valence-electron chi connectivity index (χ1n) is 7.52. The number of hydrogen-bond acceptors (Lipinski definition) is 2. The van der Waals surface area contributed by atoms with E-state index in [1.165, 1.54) is 31.2 Å². The summed E-state index contributed by atoms with van der Waals surface area (Å²) in [6.45, 7) is 5.69. The molecule has 3 atom stereocenters. The van der Waals surface area contributed by atoms with Crippen LogP contribution < -0.4 is 5.32 Å². The molecule has 1 aliphatic rings. The van der Waals surface area contributed by atoms with E-state index in [0.29, 0.717) is 6.04 Å². The Hall–Kier alpha value is -0.600. The van der Waals surface area contributed by atoms with Gasteiger partial charge in [-0.05, 0) is 55.7 Å². The smallest absolute Gasteiger partial charge is 0.0621 e. The maximum Gasteiger partial charge on any atom is 0.0621 e. The summed E-state index contributed by atoms with van der Waals surface area (Å²) in [5.41, 5.74) is 1.23.